The summed E-state index contributed by atoms with van der Waals surface area (Å²) in [4.78, 5) is 24.8. The Morgan fingerprint density at radius 2 is 2.20 bits per heavy atom. The summed E-state index contributed by atoms with van der Waals surface area (Å²) in [6.45, 7) is 5.09. The number of nitrogens with zero attached hydrogens (tertiary/aromatic N) is 1. The molecule has 2 N–H and O–H groups in total. The number of carboxylic acids is 1. The summed E-state index contributed by atoms with van der Waals surface area (Å²) in [5.41, 5.74) is 2.27. The second-order valence-electron chi connectivity index (χ2n) is 5.20. The van der Waals surface area contributed by atoms with Gasteiger partial charge in [0.2, 0.25) is 5.91 Å². The lowest BCUT2D eigenvalue weighted by Crippen LogP contribution is -2.40. The lowest BCUT2D eigenvalue weighted by Gasteiger charge is -2.20. The molecule has 0 aromatic heterocycles. The van der Waals surface area contributed by atoms with Gasteiger partial charge in [0.05, 0.1) is 12.1 Å². The number of anilines is 1. The zero-order valence-electron chi connectivity index (χ0n) is 11.8. The van der Waals surface area contributed by atoms with Crippen LogP contribution in [0.15, 0.2) is 18.2 Å². The number of hydrogen-bond donors (Lipinski definition) is 2. The van der Waals surface area contributed by atoms with E-state index < -0.39 is 5.97 Å². The summed E-state index contributed by atoms with van der Waals surface area (Å²) in [5, 5.41) is 11.9. The first-order valence-electron chi connectivity index (χ1n) is 6.91. The first kappa shape index (κ1) is 14.4. The van der Waals surface area contributed by atoms with E-state index in [0.717, 1.165) is 30.6 Å². The van der Waals surface area contributed by atoms with E-state index in [9.17, 15) is 9.59 Å². The molecule has 1 aliphatic rings. The van der Waals surface area contributed by atoms with Crippen molar-refractivity contribution in [3.63, 3.8) is 0 Å². The molecule has 108 valence electrons. The fraction of sp³-hybridized carbons (Fsp3) is 0.467. The maximum atomic E-state index is 11.9. The van der Waals surface area contributed by atoms with Gasteiger partial charge in [0.15, 0.2) is 0 Å². The molecule has 1 aromatic carbocycles. The molecular weight excluding hydrogens is 256 g/mol. The van der Waals surface area contributed by atoms with Crippen LogP contribution < -0.4 is 10.2 Å². The van der Waals surface area contributed by atoms with Crippen molar-refractivity contribution in [2.75, 3.05) is 18.0 Å². The number of rotatable bonds is 5. The fourth-order valence-corrected chi connectivity index (χ4v) is 2.36. The molecule has 1 aliphatic heterocycles. The highest BCUT2D eigenvalue weighted by molar-refractivity contribution is 5.89. The zero-order valence-corrected chi connectivity index (χ0v) is 11.8. The van der Waals surface area contributed by atoms with Crippen molar-refractivity contribution in [2.45, 2.75) is 32.7 Å². The standard InChI is InChI=1S/C15H20N2O3/c1-3-10(2)16-14(18)9-17-7-6-11-8-12(15(19)20)4-5-13(11)17/h4-5,8,10H,3,6-7,9H2,1-2H3,(H,16,18)(H,19,20). The summed E-state index contributed by atoms with van der Waals surface area (Å²) in [6, 6.07) is 5.26. The Kier molecular flexibility index (Phi) is 4.27. The van der Waals surface area contributed by atoms with Gasteiger partial charge in [-0.25, -0.2) is 4.79 Å². The number of fused-ring (bicyclic) bond motifs is 1. The average molecular weight is 276 g/mol. The minimum atomic E-state index is -0.916. The van der Waals surface area contributed by atoms with Crippen molar-refractivity contribution < 1.29 is 14.7 Å². The van der Waals surface area contributed by atoms with Gasteiger partial charge in [-0.05, 0) is 43.5 Å². The van der Waals surface area contributed by atoms with E-state index in [2.05, 4.69) is 5.32 Å². The van der Waals surface area contributed by atoms with Crippen molar-refractivity contribution >= 4 is 17.6 Å². The Balaban J connectivity index is 2.05. The van der Waals surface area contributed by atoms with Crippen LogP contribution >= 0.6 is 0 Å². The van der Waals surface area contributed by atoms with Crippen LogP contribution in [-0.4, -0.2) is 36.1 Å². The third-order valence-electron chi connectivity index (χ3n) is 3.67. The SMILES string of the molecule is CCC(C)NC(=O)CN1CCc2cc(C(=O)O)ccc21. The van der Waals surface area contributed by atoms with Crippen molar-refractivity contribution in [3.8, 4) is 0 Å². The van der Waals surface area contributed by atoms with Crippen LogP contribution in [0.5, 0.6) is 0 Å². The molecule has 0 fully saturated rings. The summed E-state index contributed by atoms with van der Waals surface area (Å²) < 4.78 is 0. The van der Waals surface area contributed by atoms with E-state index in [4.69, 9.17) is 5.11 Å². The topological polar surface area (TPSA) is 69.6 Å². The molecular formula is C15H20N2O3. The highest BCUT2D eigenvalue weighted by Gasteiger charge is 2.22. The molecule has 0 spiro atoms. The normalized spacial score (nSPS) is 14.8. The highest BCUT2D eigenvalue weighted by atomic mass is 16.4. The van der Waals surface area contributed by atoms with Crippen LogP contribution in [0.25, 0.3) is 0 Å². The van der Waals surface area contributed by atoms with Gasteiger partial charge in [-0.2, -0.15) is 0 Å². The van der Waals surface area contributed by atoms with Gasteiger partial charge in [0, 0.05) is 18.3 Å². The maximum absolute atomic E-state index is 11.9. The third-order valence-corrected chi connectivity index (χ3v) is 3.67. The van der Waals surface area contributed by atoms with E-state index in [1.54, 1.807) is 18.2 Å². The highest BCUT2D eigenvalue weighted by Crippen LogP contribution is 2.28. The minimum absolute atomic E-state index is 0.00881. The molecule has 5 heteroatoms. The van der Waals surface area contributed by atoms with Crippen LogP contribution in [0.1, 0.15) is 36.2 Å². The predicted octanol–water partition coefficient (Wildman–Crippen LogP) is 1.66. The molecule has 0 radical (unpaired) electrons. The van der Waals surface area contributed by atoms with E-state index >= 15 is 0 Å². The Bertz CT molecular complexity index is 528. The van der Waals surface area contributed by atoms with Gasteiger partial charge in [-0.15, -0.1) is 0 Å². The first-order chi connectivity index (χ1) is 9.51. The quantitative estimate of drug-likeness (QED) is 0.858. The number of hydrogen-bond acceptors (Lipinski definition) is 3. The summed E-state index contributed by atoms with van der Waals surface area (Å²) in [7, 11) is 0. The van der Waals surface area contributed by atoms with Crippen molar-refractivity contribution in [2.24, 2.45) is 0 Å². The van der Waals surface area contributed by atoms with Gasteiger partial charge in [-0.1, -0.05) is 6.92 Å². The zero-order chi connectivity index (χ0) is 14.7. The van der Waals surface area contributed by atoms with Crippen molar-refractivity contribution in [1.29, 1.82) is 0 Å². The first-order valence-corrected chi connectivity index (χ1v) is 6.91. The van der Waals surface area contributed by atoms with Gasteiger partial charge >= 0.3 is 5.97 Å². The molecule has 0 saturated heterocycles. The van der Waals surface area contributed by atoms with E-state index in [1.165, 1.54) is 0 Å². The molecule has 2 rings (SSSR count). The average Bonchev–Trinajstić information content (AvgIpc) is 2.80. The van der Waals surface area contributed by atoms with Crippen LogP contribution in [0.4, 0.5) is 5.69 Å². The lowest BCUT2D eigenvalue weighted by atomic mass is 10.1. The summed E-state index contributed by atoms with van der Waals surface area (Å²) in [5.74, 6) is -0.907. The monoisotopic (exact) mass is 276 g/mol. The van der Waals surface area contributed by atoms with Gasteiger partial charge in [0.25, 0.3) is 0 Å². The Morgan fingerprint density at radius 1 is 1.45 bits per heavy atom. The number of carbonyl (C=O) groups excluding carboxylic acids is 1. The molecule has 1 atom stereocenters. The third kappa shape index (κ3) is 3.10. The second-order valence-corrected chi connectivity index (χ2v) is 5.20. The van der Waals surface area contributed by atoms with Crippen molar-refractivity contribution in [3.05, 3.63) is 29.3 Å². The van der Waals surface area contributed by atoms with E-state index in [-0.39, 0.29) is 11.9 Å². The van der Waals surface area contributed by atoms with E-state index in [1.807, 2.05) is 18.7 Å². The fourth-order valence-electron chi connectivity index (χ4n) is 2.36. The van der Waals surface area contributed by atoms with Crippen LogP contribution in [0, 0.1) is 0 Å². The second kappa shape index (κ2) is 5.94. The van der Waals surface area contributed by atoms with Gasteiger partial charge < -0.3 is 15.3 Å². The largest absolute Gasteiger partial charge is 0.478 e. The number of carbonyl (C=O) groups is 2. The molecule has 1 aromatic rings. The number of nitrogens with one attached hydrogen (secondary N) is 1. The number of amides is 1. The molecule has 0 bridgehead atoms. The van der Waals surface area contributed by atoms with Crippen molar-refractivity contribution in [1.82, 2.24) is 5.32 Å². The smallest absolute Gasteiger partial charge is 0.335 e. The summed E-state index contributed by atoms with van der Waals surface area (Å²) >= 11 is 0. The summed E-state index contributed by atoms with van der Waals surface area (Å²) in [6.07, 6.45) is 1.69. The van der Waals surface area contributed by atoms with Crippen LogP contribution in [0.2, 0.25) is 0 Å². The predicted molar refractivity (Wildman–Crippen MR) is 77.2 cm³/mol. The molecule has 5 nitrogen and oxygen atoms in total. The maximum Gasteiger partial charge on any atom is 0.335 e. The molecule has 1 amide bonds. The molecule has 0 aliphatic carbocycles. The Hall–Kier alpha value is -2.04. The van der Waals surface area contributed by atoms with Gasteiger partial charge in [0.1, 0.15) is 0 Å². The van der Waals surface area contributed by atoms with Crippen LogP contribution in [0.3, 0.4) is 0 Å². The number of carboxylic acid groups (broad SMARTS) is 1. The molecule has 1 heterocycles. The Labute approximate surface area is 118 Å². The number of aromatic carboxylic acids is 1. The lowest BCUT2D eigenvalue weighted by molar-refractivity contribution is -0.120. The number of benzene rings is 1. The van der Waals surface area contributed by atoms with Gasteiger partial charge in [-0.3, -0.25) is 4.79 Å². The molecule has 20 heavy (non-hydrogen) atoms. The minimum Gasteiger partial charge on any atom is -0.478 e. The Morgan fingerprint density at radius 3 is 2.85 bits per heavy atom. The van der Waals surface area contributed by atoms with E-state index in [0.29, 0.717) is 12.1 Å². The molecule has 0 saturated carbocycles. The van der Waals surface area contributed by atoms with Crippen LogP contribution in [-0.2, 0) is 11.2 Å². The molecule has 1 unspecified atom stereocenters.